The van der Waals surface area contributed by atoms with Gasteiger partial charge in [0.15, 0.2) is 0 Å². The van der Waals surface area contributed by atoms with Gasteiger partial charge >= 0.3 is 5.97 Å². The normalized spacial score (nSPS) is 20.4. The number of nitrogens with zero attached hydrogens (tertiary/aromatic N) is 1. The Balaban J connectivity index is 1.96. The minimum atomic E-state index is -0.900. The van der Waals surface area contributed by atoms with Gasteiger partial charge in [-0.2, -0.15) is 0 Å². The molecule has 1 atom stereocenters. The number of nitrogens with one attached hydrogen (secondary N) is 1. The third-order valence-electron chi connectivity index (χ3n) is 2.89. The largest absolute Gasteiger partial charge is 0.480 e. The molecule has 0 aliphatic carbocycles. The van der Waals surface area contributed by atoms with Crippen LogP contribution in [0.25, 0.3) is 0 Å². The van der Waals surface area contributed by atoms with Gasteiger partial charge in [-0.1, -0.05) is 30.3 Å². The minimum Gasteiger partial charge on any atom is -0.480 e. The SMILES string of the molecule is O=C(O)CN1CC(=O)NC(Cc2ccccc2)C1. The van der Waals surface area contributed by atoms with Crippen LogP contribution < -0.4 is 5.32 Å². The average Bonchev–Trinajstić information content (AvgIpc) is 2.28. The second-order valence-electron chi connectivity index (χ2n) is 4.52. The van der Waals surface area contributed by atoms with Crippen molar-refractivity contribution in [2.24, 2.45) is 0 Å². The Morgan fingerprint density at radius 2 is 2.11 bits per heavy atom. The van der Waals surface area contributed by atoms with E-state index in [-0.39, 0.29) is 25.0 Å². The van der Waals surface area contributed by atoms with E-state index >= 15 is 0 Å². The van der Waals surface area contributed by atoms with Crippen molar-refractivity contribution >= 4 is 11.9 Å². The van der Waals surface area contributed by atoms with Crippen LogP contribution in [0.1, 0.15) is 5.56 Å². The Bertz CT molecular complexity index is 431. The van der Waals surface area contributed by atoms with Gasteiger partial charge in [0.1, 0.15) is 0 Å². The van der Waals surface area contributed by atoms with E-state index in [2.05, 4.69) is 5.32 Å². The van der Waals surface area contributed by atoms with E-state index in [1.54, 1.807) is 4.90 Å². The van der Waals surface area contributed by atoms with Crippen molar-refractivity contribution in [2.45, 2.75) is 12.5 Å². The maximum atomic E-state index is 11.5. The van der Waals surface area contributed by atoms with E-state index in [9.17, 15) is 9.59 Å². The molecule has 1 amide bonds. The summed E-state index contributed by atoms with van der Waals surface area (Å²) in [4.78, 5) is 23.8. The smallest absolute Gasteiger partial charge is 0.317 e. The lowest BCUT2D eigenvalue weighted by atomic mass is 10.0. The van der Waals surface area contributed by atoms with E-state index in [0.29, 0.717) is 6.54 Å². The van der Waals surface area contributed by atoms with Crippen LogP contribution in [0.3, 0.4) is 0 Å². The molecule has 0 aromatic heterocycles. The first-order valence-corrected chi connectivity index (χ1v) is 5.91. The number of benzene rings is 1. The monoisotopic (exact) mass is 248 g/mol. The van der Waals surface area contributed by atoms with Crippen LogP contribution in [0.4, 0.5) is 0 Å². The van der Waals surface area contributed by atoms with E-state index in [1.165, 1.54) is 0 Å². The standard InChI is InChI=1S/C13H16N2O3/c16-12-8-15(9-13(17)18)7-11(14-12)6-10-4-2-1-3-5-10/h1-5,11H,6-9H2,(H,14,16)(H,17,18). The zero-order chi connectivity index (χ0) is 13.0. The van der Waals surface area contributed by atoms with Crippen LogP contribution in [0.5, 0.6) is 0 Å². The topological polar surface area (TPSA) is 69.6 Å². The number of carbonyl (C=O) groups excluding carboxylic acids is 1. The fraction of sp³-hybridized carbons (Fsp3) is 0.385. The van der Waals surface area contributed by atoms with Crippen LogP contribution in [0.2, 0.25) is 0 Å². The summed E-state index contributed by atoms with van der Waals surface area (Å²) in [5.74, 6) is -1.01. The fourth-order valence-electron chi connectivity index (χ4n) is 2.22. The fourth-order valence-corrected chi connectivity index (χ4v) is 2.22. The van der Waals surface area contributed by atoms with Crippen molar-refractivity contribution < 1.29 is 14.7 Å². The van der Waals surface area contributed by atoms with E-state index in [1.807, 2.05) is 30.3 Å². The van der Waals surface area contributed by atoms with Gasteiger partial charge in [0.2, 0.25) is 5.91 Å². The van der Waals surface area contributed by atoms with E-state index in [0.717, 1.165) is 12.0 Å². The number of carboxylic acids is 1. The lowest BCUT2D eigenvalue weighted by Crippen LogP contribution is -2.55. The Morgan fingerprint density at radius 3 is 2.78 bits per heavy atom. The van der Waals surface area contributed by atoms with Gasteiger partial charge in [0.25, 0.3) is 0 Å². The van der Waals surface area contributed by atoms with E-state index < -0.39 is 5.97 Å². The summed E-state index contributed by atoms with van der Waals surface area (Å²) in [6.07, 6.45) is 0.725. The number of piperazine rings is 1. The Morgan fingerprint density at radius 1 is 1.39 bits per heavy atom. The average molecular weight is 248 g/mol. The first-order valence-electron chi connectivity index (χ1n) is 5.91. The molecular formula is C13H16N2O3. The van der Waals surface area contributed by atoms with Crippen LogP contribution in [0, 0.1) is 0 Å². The van der Waals surface area contributed by atoms with Crippen molar-refractivity contribution in [3.8, 4) is 0 Å². The highest BCUT2D eigenvalue weighted by Crippen LogP contribution is 2.07. The molecule has 2 rings (SSSR count). The maximum Gasteiger partial charge on any atom is 0.317 e. The number of amides is 1. The van der Waals surface area contributed by atoms with Crippen molar-refractivity contribution in [3.63, 3.8) is 0 Å². The summed E-state index contributed by atoms with van der Waals surface area (Å²) in [7, 11) is 0. The van der Waals surface area contributed by atoms with Crippen molar-refractivity contribution in [2.75, 3.05) is 19.6 Å². The summed E-state index contributed by atoms with van der Waals surface area (Å²) >= 11 is 0. The molecule has 2 N–H and O–H groups in total. The lowest BCUT2D eigenvalue weighted by Gasteiger charge is -2.32. The molecule has 5 heteroatoms. The number of hydrogen-bond donors (Lipinski definition) is 2. The summed E-state index contributed by atoms with van der Waals surface area (Å²) in [6, 6.07) is 9.84. The minimum absolute atomic E-state index is 0.0204. The predicted molar refractivity (Wildman–Crippen MR) is 66.2 cm³/mol. The molecule has 1 fully saturated rings. The molecule has 1 heterocycles. The van der Waals surface area contributed by atoms with Crippen LogP contribution in [-0.4, -0.2) is 47.6 Å². The molecule has 0 bridgehead atoms. The number of carboxylic acid groups (broad SMARTS) is 1. The van der Waals surface area contributed by atoms with E-state index in [4.69, 9.17) is 5.11 Å². The lowest BCUT2D eigenvalue weighted by molar-refractivity contribution is -0.139. The van der Waals surface area contributed by atoms with Gasteiger partial charge in [-0.05, 0) is 12.0 Å². The maximum absolute atomic E-state index is 11.5. The summed E-state index contributed by atoms with van der Waals surface area (Å²) in [5.41, 5.74) is 1.14. The second-order valence-corrected chi connectivity index (χ2v) is 4.52. The van der Waals surface area contributed by atoms with Crippen LogP contribution in [-0.2, 0) is 16.0 Å². The molecule has 1 saturated heterocycles. The molecule has 96 valence electrons. The molecule has 18 heavy (non-hydrogen) atoms. The first-order chi connectivity index (χ1) is 8.63. The molecule has 1 aromatic carbocycles. The Hall–Kier alpha value is -1.88. The molecule has 1 unspecified atom stereocenters. The molecular weight excluding hydrogens is 232 g/mol. The number of carbonyl (C=O) groups is 2. The Kier molecular flexibility index (Phi) is 3.94. The molecule has 0 saturated carbocycles. The summed E-state index contributed by atoms with van der Waals surface area (Å²) < 4.78 is 0. The zero-order valence-electron chi connectivity index (χ0n) is 10.0. The van der Waals surface area contributed by atoms with Gasteiger partial charge in [-0.3, -0.25) is 14.5 Å². The second kappa shape index (κ2) is 5.64. The predicted octanol–water partition coefficient (Wildman–Crippen LogP) is 0.114. The third kappa shape index (κ3) is 3.56. The van der Waals surface area contributed by atoms with Crippen LogP contribution >= 0.6 is 0 Å². The molecule has 5 nitrogen and oxygen atoms in total. The van der Waals surface area contributed by atoms with Gasteiger partial charge in [-0.25, -0.2) is 0 Å². The molecule has 0 radical (unpaired) electrons. The first kappa shape index (κ1) is 12.6. The zero-order valence-corrected chi connectivity index (χ0v) is 10.0. The number of hydrogen-bond acceptors (Lipinski definition) is 3. The highest BCUT2D eigenvalue weighted by Gasteiger charge is 2.25. The highest BCUT2D eigenvalue weighted by molar-refractivity contribution is 5.80. The van der Waals surface area contributed by atoms with Gasteiger partial charge in [0, 0.05) is 12.6 Å². The van der Waals surface area contributed by atoms with Gasteiger partial charge in [-0.15, -0.1) is 0 Å². The molecule has 0 spiro atoms. The third-order valence-corrected chi connectivity index (χ3v) is 2.89. The number of rotatable bonds is 4. The summed E-state index contributed by atoms with van der Waals surface area (Å²) in [5, 5.41) is 11.6. The molecule has 1 aliphatic heterocycles. The van der Waals surface area contributed by atoms with Crippen molar-refractivity contribution in [3.05, 3.63) is 35.9 Å². The quantitative estimate of drug-likeness (QED) is 0.793. The Labute approximate surface area is 105 Å². The van der Waals surface area contributed by atoms with Gasteiger partial charge < -0.3 is 10.4 Å². The highest BCUT2D eigenvalue weighted by atomic mass is 16.4. The number of aliphatic carboxylic acids is 1. The van der Waals surface area contributed by atoms with Gasteiger partial charge in [0.05, 0.1) is 13.1 Å². The van der Waals surface area contributed by atoms with Crippen molar-refractivity contribution in [1.82, 2.24) is 10.2 Å². The molecule has 1 aromatic rings. The van der Waals surface area contributed by atoms with Crippen molar-refractivity contribution in [1.29, 1.82) is 0 Å². The van der Waals surface area contributed by atoms with Crippen LogP contribution in [0.15, 0.2) is 30.3 Å². The summed E-state index contributed by atoms with van der Waals surface area (Å²) in [6.45, 7) is 0.656. The molecule has 1 aliphatic rings.